The summed E-state index contributed by atoms with van der Waals surface area (Å²) in [6, 6.07) is 12.2. The predicted molar refractivity (Wildman–Crippen MR) is 104 cm³/mol. The quantitative estimate of drug-likeness (QED) is 0.568. The van der Waals surface area contributed by atoms with Gasteiger partial charge in [-0.25, -0.2) is 4.79 Å². The summed E-state index contributed by atoms with van der Waals surface area (Å²) in [5.74, 6) is -1.01. The number of hydrogen-bond acceptors (Lipinski definition) is 3. The van der Waals surface area contributed by atoms with Crippen molar-refractivity contribution in [3.8, 4) is 16.9 Å². The number of benzene rings is 2. The van der Waals surface area contributed by atoms with E-state index in [2.05, 4.69) is 43.0 Å². The summed E-state index contributed by atoms with van der Waals surface area (Å²) < 4.78 is 1.31. The van der Waals surface area contributed by atoms with Crippen LogP contribution in [0.1, 0.15) is 36.7 Å². The summed E-state index contributed by atoms with van der Waals surface area (Å²) in [4.78, 5) is 27.0. The Morgan fingerprint density at radius 3 is 2.44 bits per heavy atom. The van der Waals surface area contributed by atoms with Crippen LogP contribution in [-0.4, -0.2) is 25.8 Å². The topological polar surface area (TPSA) is 88.0 Å². The molecule has 6 nitrogen and oxygen atoms in total. The van der Waals surface area contributed by atoms with Gasteiger partial charge in [0.2, 0.25) is 0 Å². The van der Waals surface area contributed by atoms with Crippen molar-refractivity contribution in [3.05, 3.63) is 70.1 Å². The molecule has 27 heavy (non-hydrogen) atoms. The predicted octanol–water partition coefficient (Wildman–Crippen LogP) is 3.81. The molecule has 0 saturated carbocycles. The first-order valence-electron chi connectivity index (χ1n) is 8.64. The second kappa shape index (κ2) is 5.81. The Hall–Kier alpha value is -3.41. The van der Waals surface area contributed by atoms with Crippen molar-refractivity contribution >= 4 is 16.9 Å². The number of nitrogens with zero attached hydrogens (tertiary/aromatic N) is 2. The number of aromatic nitrogens is 3. The van der Waals surface area contributed by atoms with Gasteiger partial charge >= 0.3 is 5.97 Å². The molecule has 0 bridgehead atoms. The maximum Gasteiger partial charge on any atom is 0.335 e. The van der Waals surface area contributed by atoms with Gasteiger partial charge in [-0.15, -0.1) is 0 Å². The van der Waals surface area contributed by atoms with Crippen LogP contribution in [0.4, 0.5) is 0 Å². The normalized spacial score (nSPS) is 12.0. The van der Waals surface area contributed by atoms with Crippen LogP contribution in [0.25, 0.3) is 27.8 Å². The molecule has 0 atom stereocenters. The van der Waals surface area contributed by atoms with Gasteiger partial charge in [-0.1, -0.05) is 26.8 Å². The van der Waals surface area contributed by atoms with Crippen LogP contribution < -0.4 is 5.56 Å². The van der Waals surface area contributed by atoms with E-state index in [0.29, 0.717) is 16.9 Å². The lowest BCUT2D eigenvalue weighted by Crippen LogP contribution is -2.14. The number of hydrogen-bond donors (Lipinski definition) is 2. The van der Waals surface area contributed by atoms with Gasteiger partial charge in [0.15, 0.2) is 0 Å². The molecule has 0 unspecified atom stereocenters. The second-order valence-corrected chi connectivity index (χ2v) is 7.63. The number of carboxylic acids is 1. The molecule has 6 heteroatoms. The molecule has 2 aromatic rings. The summed E-state index contributed by atoms with van der Waals surface area (Å²) in [5, 5.41) is 14.5. The molecule has 0 saturated heterocycles. The van der Waals surface area contributed by atoms with E-state index in [0.717, 1.165) is 16.5 Å². The van der Waals surface area contributed by atoms with Crippen LogP contribution in [0.15, 0.2) is 53.5 Å². The molecule has 0 aliphatic carbocycles. The molecule has 4 rings (SSSR count). The Morgan fingerprint density at radius 1 is 1.11 bits per heavy atom. The summed E-state index contributed by atoms with van der Waals surface area (Å²) in [6.45, 7) is 6.42. The van der Waals surface area contributed by atoms with E-state index < -0.39 is 5.97 Å². The van der Waals surface area contributed by atoms with Gasteiger partial charge in [-0.05, 0) is 47.4 Å². The minimum atomic E-state index is -1.01. The maximum atomic E-state index is 12.8. The van der Waals surface area contributed by atoms with Crippen LogP contribution in [0.3, 0.4) is 0 Å². The number of aromatic amines is 1. The lowest BCUT2D eigenvalue weighted by atomic mass is 9.86. The summed E-state index contributed by atoms with van der Waals surface area (Å²) in [6.07, 6.45) is 1.67. The molecule has 136 valence electrons. The first-order valence-corrected chi connectivity index (χ1v) is 8.64. The Kier molecular flexibility index (Phi) is 3.66. The van der Waals surface area contributed by atoms with E-state index in [1.165, 1.54) is 16.8 Å². The zero-order valence-electron chi connectivity index (χ0n) is 15.3. The van der Waals surface area contributed by atoms with Gasteiger partial charge in [0, 0.05) is 17.1 Å². The third-order valence-corrected chi connectivity index (χ3v) is 4.75. The Morgan fingerprint density at radius 2 is 1.81 bits per heavy atom. The highest BCUT2D eigenvalue weighted by molar-refractivity contribution is 5.94. The van der Waals surface area contributed by atoms with Crippen molar-refractivity contribution in [1.82, 2.24) is 14.8 Å². The van der Waals surface area contributed by atoms with Crippen LogP contribution in [0, 0.1) is 0 Å². The Bertz CT molecular complexity index is 1190. The molecule has 0 radical (unpaired) electrons. The molecular formula is C21H19N3O3. The smallest absolute Gasteiger partial charge is 0.335 e. The average Bonchev–Trinajstić information content (AvgIpc) is 2.98. The van der Waals surface area contributed by atoms with Crippen molar-refractivity contribution in [2.24, 2.45) is 0 Å². The van der Waals surface area contributed by atoms with E-state index in [9.17, 15) is 9.59 Å². The van der Waals surface area contributed by atoms with Crippen LogP contribution in [-0.2, 0) is 5.41 Å². The molecule has 0 amide bonds. The highest BCUT2D eigenvalue weighted by Crippen LogP contribution is 2.31. The van der Waals surface area contributed by atoms with Crippen LogP contribution in [0.2, 0.25) is 0 Å². The number of carboxylic acid groups (broad SMARTS) is 1. The van der Waals surface area contributed by atoms with Gasteiger partial charge < -0.3 is 10.1 Å². The number of carbonyl (C=O) groups is 1. The largest absolute Gasteiger partial charge is 0.478 e. The number of aromatic carboxylic acids is 1. The SMILES string of the molecule is CC(C)(C)c1ccc2[nH]cc3c(=O)n(-c4ccc(C(=O)O)cc4)nc-3c2c1. The highest BCUT2D eigenvalue weighted by atomic mass is 16.4. The van der Waals surface area contributed by atoms with E-state index in [-0.39, 0.29) is 16.5 Å². The molecule has 2 N–H and O–H groups in total. The fraction of sp³-hybridized carbons (Fsp3) is 0.190. The van der Waals surface area contributed by atoms with E-state index in [1.807, 2.05) is 6.07 Å². The van der Waals surface area contributed by atoms with Crippen molar-refractivity contribution < 1.29 is 9.90 Å². The standard InChI is InChI=1S/C21H19N3O3/c1-21(2,3)13-6-9-17-15(10-13)18-16(11-22-17)19(25)24(23-18)14-7-4-12(5-8-14)20(26)27/h4-11,22H,1-3H3,(H,26,27). The number of pyridine rings is 1. The monoisotopic (exact) mass is 361 g/mol. The molecular weight excluding hydrogens is 342 g/mol. The number of rotatable bonds is 2. The average molecular weight is 361 g/mol. The Balaban J connectivity index is 1.94. The van der Waals surface area contributed by atoms with Gasteiger partial charge in [-0.2, -0.15) is 9.78 Å². The minimum absolute atomic E-state index is 0.0219. The van der Waals surface area contributed by atoms with E-state index in [4.69, 9.17) is 5.11 Å². The molecule has 2 aliphatic heterocycles. The van der Waals surface area contributed by atoms with Crippen molar-refractivity contribution in [2.75, 3.05) is 0 Å². The van der Waals surface area contributed by atoms with Crippen molar-refractivity contribution in [2.45, 2.75) is 26.2 Å². The third kappa shape index (κ3) is 2.79. The Labute approximate surface area is 155 Å². The molecule has 2 heterocycles. The zero-order chi connectivity index (χ0) is 19.3. The van der Waals surface area contributed by atoms with Gasteiger partial charge in [0.25, 0.3) is 5.56 Å². The summed E-state index contributed by atoms with van der Waals surface area (Å²) in [5.41, 5.74) is 3.61. The second-order valence-electron chi connectivity index (χ2n) is 7.63. The number of H-pyrrole nitrogens is 1. The third-order valence-electron chi connectivity index (χ3n) is 4.75. The highest BCUT2D eigenvalue weighted by Gasteiger charge is 2.21. The fourth-order valence-electron chi connectivity index (χ4n) is 3.15. The van der Waals surface area contributed by atoms with Crippen molar-refractivity contribution in [1.29, 1.82) is 0 Å². The van der Waals surface area contributed by atoms with Gasteiger partial charge in [0.05, 0.1) is 16.8 Å². The molecule has 0 aromatic heterocycles. The zero-order valence-corrected chi connectivity index (χ0v) is 15.3. The molecule has 2 aliphatic rings. The molecule has 2 aromatic carbocycles. The molecule has 0 spiro atoms. The van der Waals surface area contributed by atoms with Gasteiger partial charge in [-0.3, -0.25) is 4.79 Å². The maximum absolute atomic E-state index is 12.8. The van der Waals surface area contributed by atoms with Crippen LogP contribution in [0.5, 0.6) is 0 Å². The van der Waals surface area contributed by atoms with E-state index in [1.54, 1.807) is 18.3 Å². The molecule has 0 fully saturated rings. The van der Waals surface area contributed by atoms with Crippen LogP contribution >= 0.6 is 0 Å². The first kappa shape index (κ1) is 17.0. The van der Waals surface area contributed by atoms with Gasteiger partial charge in [0.1, 0.15) is 5.69 Å². The summed E-state index contributed by atoms with van der Waals surface area (Å²) in [7, 11) is 0. The fourth-order valence-corrected chi connectivity index (χ4v) is 3.15. The minimum Gasteiger partial charge on any atom is -0.478 e. The summed E-state index contributed by atoms with van der Waals surface area (Å²) >= 11 is 0. The number of nitrogens with one attached hydrogen (secondary N) is 1. The lowest BCUT2D eigenvalue weighted by molar-refractivity contribution is 0.0697. The van der Waals surface area contributed by atoms with Crippen molar-refractivity contribution in [3.63, 3.8) is 0 Å². The van der Waals surface area contributed by atoms with E-state index >= 15 is 0 Å². The number of fused-ring (bicyclic) bond motifs is 3. The first-order chi connectivity index (χ1) is 12.8. The lowest BCUT2D eigenvalue weighted by Gasteiger charge is -2.19.